The lowest BCUT2D eigenvalue weighted by Gasteiger charge is -2.07. The Hall–Kier alpha value is -0.640. The van der Waals surface area contributed by atoms with Gasteiger partial charge in [0.05, 0.1) is 0 Å². The van der Waals surface area contributed by atoms with Gasteiger partial charge in [-0.2, -0.15) is 0 Å². The number of carbonyl (C=O) groups excluding carboxylic acids is 1. The van der Waals surface area contributed by atoms with E-state index in [1.807, 2.05) is 0 Å². The van der Waals surface area contributed by atoms with Gasteiger partial charge in [-0.05, 0) is 0 Å². The molecule has 0 aromatic carbocycles. The van der Waals surface area contributed by atoms with Crippen LogP contribution in [-0.2, 0) is 18.6 Å². The average molecular weight is 180 g/mol. The van der Waals surface area contributed by atoms with Gasteiger partial charge in [0.25, 0.3) is 0 Å². The lowest BCUT2D eigenvalue weighted by molar-refractivity contribution is -0.136. The quantitative estimate of drug-likeness (QED) is 0.387. The number of carbonyl (C=O) groups is 1. The zero-order valence-electron chi connectivity index (χ0n) is 6.02. The molecule has 64 valence electrons. The molecule has 1 N–H and O–H groups in total. The molecule has 0 saturated heterocycles. The molecule has 0 spiro atoms. The Labute approximate surface area is 64.2 Å². The van der Waals surface area contributed by atoms with Gasteiger partial charge in [0.2, 0.25) is 0 Å². The number of rotatable bonds is 4. The fourth-order valence-electron chi connectivity index (χ4n) is 0.257. The topological polar surface area (TPSA) is 72.8 Å². The van der Waals surface area contributed by atoms with Crippen molar-refractivity contribution in [2.45, 2.75) is 0 Å². The minimum absolute atomic E-state index is 0.644. The molecule has 0 fully saturated rings. The maximum atomic E-state index is 10.6. The second-order valence-corrected chi connectivity index (χ2v) is 3.51. The van der Waals surface area contributed by atoms with Crippen molar-refractivity contribution in [3.05, 3.63) is 12.7 Å². The molecule has 0 saturated carbocycles. The van der Waals surface area contributed by atoms with Crippen LogP contribution in [0.15, 0.2) is 12.7 Å². The third-order valence-corrected chi connectivity index (χ3v) is 1.85. The summed E-state index contributed by atoms with van der Waals surface area (Å²) >= 11 is 0. The van der Waals surface area contributed by atoms with Crippen LogP contribution in [0, 0.1) is 0 Å². The molecule has 5 nitrogen and oxygen atoms in total. The molecule has 0 aromatic rings. The first-order chi connectivity index (χ1) is 5.02. The first-order valence-electron chi connectivity index (χ1n) is 2.68. The first-order valence-corrected chi connectivity index (χ1v) is 4.45. The summed E-state index contributed by atoms with van der Waals surface area (Å²) in [6.45, 7) is 3.10. The Morgan fingerprint density at radius 1 is 1.82 bits per heavy atom. The largest absolute Gasteiger partial charge is 0.450 e. The molecule has 0 aliphatic heterocycles. The molecular weight excluding hydrogens is 171 g/mol. The smallest absolute Gasteiger partial charge is 0.365 e. The van der Waals surface area contributed by atoms with E-state index in [4.69, 9.17) is 4.89 Å². The summed E-state index contributed by atoms with van der Waals surface area (Å²) in [5.74, 6) is -0.753. The van der Waals surface area contributed by atoms with Crippen molar-refractivity contribution in [1.82, 2.24) is 0 Å². The van der Waals surface area contributed by atoms with E-state index in [0.29, 0.717) is 0 Å². The van der Waals surface area contributed by atoms with Crippen molar-refractivity contribution in [2.24, 2.45) is 0 Å². The van der Waals surface area contributed by atoms with E-state index < -0.39 is 19.9 Å². The maximum absolute atomic E-state index is 10.6. The van der Waals surface area contributed by atoms with E-state index in [-0.39, 0.29) is 0 Å². The standard InChI is InChI=1S/C5H9O5P/c1-3-5(6)10-4-11(7,8)9-2/h3H,1,4H2,2H3,(H,7,8). The van der Waals surface area contributed by atoms with Crippen molar-refractivity contribution >= 4 is 13.6 Å². The zero-order valence-corrected chi connectivity index (χ0v) is 6.91. The number of hydrogen-bond donors (Lipinski definition) is 1. The van der Waals surface area contributed by atoms with Gasteiger partial charge in [-0.25, -0.2) is 4.79 Å². The van der Waals surface area contributed by atoms with Gasteiger partial charge in [0.1, 0.15) is 0 Å². The third-order valence-electron chi connectivity index (χ3n) is 0.822. The first kappa shape index (κ1) is 10.4. The van der Waals surface area contributed by atoms with Gasteiger partial charge in [-0.3, -0.25) is 4.57 Å². The molecule has 1 unspecified atom stereocenters. The highest BCUT2D eigenvalue weighted by molar-refractivity contribution is 7.52. The van der Waals surface area contributed by atoms with E-state index in [2.05, 4.69) is 15.8 Å². The number of esters is 1. The minimum Gasteiger partial charge on any atom is -0.450 e. The number of hydrogen-bond acceptors (Lipinski definition) is 4. The summed E-state index contributed by atoms with van der Waals surface area (Å²) < 4.78 is 19.0. The third kappa shape index (κ3) is 4.72. The predicted molar refractivity (Wildman–Crippen MR) is 38.0 cm³/mol. The van der Waals surface area contributed by atoms with Crippen LogP contribution in [0.1, 0.15) is 0 Å². The monoisotopic (exact) mass is 180 g/mol. The number of ether oxygens (including phenoxy) is 1. The summed E-state index contributed by atoms with van der Waals surface area (Å²) in [5.41, 5.74) is 0. The molecule has 1 atom stereocenters. The Bertz CT molecular complexity index is 199. The lowest BCUT2D eigenvalue weighted by Crippen LogP contribution is -2.03. The van der Waals surface area contributed by atoms with Crippen LogP contribution < -0.4 is 0 Å². The van der Waals surface area contributed by atoms with Gasteiger partial charge in [0, 0.05) is 13.2 Å². The maximum Gasteiger partial charge on any atom is 0.365 e. The predicted octanol–water partition coefficient (Wildman–Crippen LogP) is 0.505. The molecule has 6 heteroatoms. The van der Waals surface area contributed by atoms with Crippen molar-refractivity contribution in [3.63, 3.8) is 0 Å². The molecule has 0 radical (unpaired) electrons. The summed E-state index contributed by atoms with van der Waals surface area (Å²) in [4.78, 5) is 19.0. The molecular formula is C5H9O5P. The Morgan fingerprint density at radius 3 is 2.73 bits per heavy atom. The van der Waals surface area contributed by atoms with Gasteiger partial charge >= 0.3 is 13.6 Å². The average Bonchev–Trinajstić information content (AvgIpc) is 2.00. The van der Waals surface area contributed by atoms with Crippen molar-refractivity contribution in [2.75, 3.05) is 13.5 Å². The van der Waals surface area contributed by atoms with Crippen molar-refractivity contribution in [1.29, 1.82) is 0 Å². The molecule has 11 heavy (non-hydrogen) atoms. The van der Waals surface area contributed by atoms with Crippen LogP contribution in [0.4, 0.5) is 0 Å². The second kappa shape index (κ2) is 4.28. The van der Waals surface area contributed by atoms with Crippen molar-refractivity contribution < 1.29 is 23.5 Å². The summed E-state index contributed by atoms with van der Waals surface area (Å²) in [6, 6.07) is 0. The zero-order chi connectivity index (χ0) is 8.91. The normalized spacial score (nSPS) is 15.1. The van der Waals surface area contributed by atoms with Gasteiger partial charge in [-0.1, -0.05) is 6.58 Å². The molecule has 0 aliphatic rings. The van der Waals surface area contributed by atoms with E-state index in [1.54, 1.807) is 0 Å². The summed E-state index contributed by atoms with van der Waals surface area (Å²) in [5, 5.41) is 0. The van der Waals surface area contributed by atoms with E-state index in [0.717, 1.165) is 13.2 Å². The van der Waals surface area contributed by atoms with Crippen LogP contribution in [0.25, 0.3) is 0 Å². The molecule has 0 aliphatic carbocycles. The molecule has 0 bridgehead atoms. The molecule has 0 heterocycles. The SMILES string of the molecule is C=CC(=O)OCP(=O)(O)OC. The molecule has 0 aromatic heterocycles. The minimum atomic E-state index is -3.73. The van der Waals surface area contributed by atoms with Crippen LogP contribution in [0.3, 0.4) is 0 Å². The van der Waals surface area contributed by atoms with E-state index >= 15 is 0 Å². The fraction of sp³-hybridized carbons (Fsp3) is 0.400. The fourth-order valence-corrected chi connectivity index (χ4v) is 0.653. The highest BCUT2D eigenvalue weighted by Crippen LogP contribution is 2.40. The Balaban J connectivity index is 3.79. The van der Waals surface area contributed by atoms with Gasteiger partial charge in [-0.15, -0.1) is 0 Å². The van der Waals surface area contributed by atoms with Gasteiger partial charge in [0.15, 0.2) is 6.35 Å². The Morgan fingerprint density at radius 2 is 2.36 bits per heavy atom. The highest BCUT2D eigenvalue weighted by atomic mass is 31.2. The highest BCUT2D eigenvalue weighted by Gasteiger charge is 2.18. The van der Waals surface area contributed by atoms with Gasteiger partial charge < -0.3 is 14.2 Å². The van der Waals surface area contributed by atoms with Crippen LogP contribution in [0.5, 0.6) is 0 Å². The van der Waals surface area contributed by atoms with E-state index in [1.165, 1.54) is 0 Å². The molecule has 0 rings (SSSR count). The van der Waals surface area contributed by atoms with Crippen LogP contribution in [-0.4, -0.2) is 24.3 Å². The van der Waals surface area contributed by atoms with Crippen LogP contribution >= 0.6 is 7.60 Å². The van der Waals surface area contributed by atoms with Crippen LogP contribution in [0.2, 0.25) is 0 Å². The lowest BCUT2D eigenvalue weighted by atomic mass is 10.7. The van der Waals surface area contributed by atoms with E-state index in [9.17, 15) is 9.36 Å². The second-order valence-electron chi connectivity index (χ2n) is 1.62. The Kier molecular flexibility index (Phi) is 4.03. The summed E-state index contributed by atoms with van der Waals surface area (Å²) in [7, 11) is -2.67. The summed E-state index contributed by atoms with van der Waals surface area (Å²) in [6.07, 6.45) is 0.254. The molecule has 0 amide bonds. The van der Waals surface area contributed by atoms with Crippen molar-refractivity contribution in [3.8, 4) is 0 Å².